The van der Waals surface area contributed by atoms with Crippen LogP contribution in [0.1, 0.15) is 25.7 Å². The molecule has 1 fully saturated rings. The van der Waals surface area contributed by atoms with E-state index in [0.29, 0.717) is 12.3 Å². The van der Waals surface area contributed by atoms with Crippen molar-refractivity contribution in [2.24, 2.45) is 5.92 Å². The molecule has 0 radical (unpaired) electrons. The number of hydrogen-bond acceptors (Lipinski definition) is 2. The SMILES string of the molecule is OC(O)CC1CCC1. The summed E-state index contributed by atoms with van der Waals surface area (Å²) in [6.07, 6.45) is 3.17. The summed E-state index contributed by atoms with van der Waals surface area (Å²) in [5.74, 6) is 0.606. The van der Waals surface area contributed by atoms with E-state index < -0.39 is 6.29 Å². The molecule has 0 atom stereocenters. The van der Waals surface area contributed by atoms with Crippen LogP contribution in [0.15, 0.2) is 0 Å². The van der Waals surface area contributed by atoms with Gasteiger partial charge >= 0.3 is 0 Å². The Kier molecular flexibility index (Phi) is 1.86. The second-order valence-corrected chi connectivity index (χ2v) is 2.51. The van der Waals surface area contributed by atoms with Crippen LogP contribution in [-0.2, 0) is 0 Å². The zero-order valence-corrected chi connectivity index (χ0v) is 4.88. The van der Waals surface area contributed by atoms with E-state index in [1.54, 1.807) is 0 Å². The smallest absolute Gasteiger partial charge is 0.151 e. The lowest BCUT2D eigenvalue weighted by Gasteiger charge is -2.25. The Labute approximate surface area is 49.1 Å². The van der Waals surface area contributed by atoms with Crippen molar-refractivity contribution in [3.8, 4) is 0 Å². The molecule has 1 saturated carbocycles. The first-order chi connectivity index (χ1) is 3.79. The molecule has 8 heavy (non-hydrogen) atoms. The van der Waals surface area contributed by atoms with Gasteiger partial charge in [0.25, 0.3) is 0 Å². The highest BCUT2D eigenvalue weighted by atomic mass is 16.5. The molecule has 0 spiro atoms. The molecule has 2 nitrogen and oxygen atoms in total. The molecule has 1 aliphatic rings. The van der Waals surface area contributed by atoms with Gasteiger partial charge in [-0.1, -0.05) is 19.3 Å². The van der Waals surface area contributed by atoms with Crippen molar-refractivity contribution >= 4 is 0 Å². The van der Waals surface area contributed by atoms with Crippen molar-refractivity contribution < 1.29 is 10.2 Å². The predicted molar refractivity (Wildman–Crippen MR) is 30.2 cm³/mol. The van der Waals surface area contributed by atoms with E-state index in [1.165, 1.54) is 19.3 Å². The van der Waals surface area contributed by atoms with Gasteiger partial charge in [0.2, 0.25) is 0 Å². The number of hydrogen-bond donors (Lipinski definition) is 2. The summed E-state index contributed by atoms with van der Waals surface area (Å²) in [5, 5.41) is 16.9. The molecule has 0 aliphatic heterocycles. The van der Waals surface area contributed by atoms with Crippen LogP contribution in [0.25, 0.3) is 0 Å². The molecule has 1 rings (SSSR count). The summed E-state index contributed by atoms with van der Waals surface area (Å²) >= 11 is 0. The van der Waals surface area contributed by atoms with Crippen LogP contribution in [0.2, 0.25) is 0 Å². The van der Waals surface area contributed by atoms with Gasteiger partial charge in [-0.2, -0.15) is 0 Å². The maximum absolute atomic E-state index is 8.44. The molecule has 0 unspecified atom stereocenters. The monoisotopic (exact) mass is 116 g/mol. The maximum Gasteiger partial charge on any atom is 0.151 e. The molecule has 2 heteroatoms. The summed E-state index contributed by atoms with van der Waals surface area (Å²) in [4.78, 5) is 0. The Morgan fingerprint density at radius 3 is 2.12 bits per heavy atom. The zero-order valence-electron chi connectivity index (χ0n) is 4.88. The van der Waals surface area contributed by atoms with Gasteiger partial charge < -0.3 is 10.2 Å². The molecule has 48 valence electrons. The van der Waals surface area contributed by atoms with Gasteiger partial charge in [0.05, 0.1) is 0 Å². The summed E-state index contributed by atoms with van der Waals surface area (Å²) in [6, 6.07) is 0. The summed E-state index contributed by atoms with van der Waals surface area (Å²) in [5.41, 5.74) is 0. The Balaban J connectivity index is 2.01. The number of aliphatic hydroxyl groups is 2. The van der Waals surface area contributed by atoms with Crippen molar-refractivity contribution in [2.75, 3.05) is 0 Å². The molecule has 0 saturated heterocycles. The lowest BCUT2D eigenvalue weighted by atomic mass is 9.83. The molecular formula is C6H12O2. The first-order valence-corrected chi connectivity index (χ1v) is 3.15. The van der Waals surface area contributed by atoms with Crippen molar-refractivity contribution in [3.63, 3.8) is 0 Å². The van der Waals surface area contributed by atoms with E-state index in [2.05, 4.69) is 0 Å². The predicted octanol–water partition coefficient (Wildman–Crippen LogP) is 0.487. The van der Waals surface area contributed by atoms with E-state index in [-0.39, 0.29) is 0 Å². The summed E-state index contributed by atoms with van der Waals surface area (Å²) < 4.78 is 0. The van der Waals surface area contributed by atoms with Crippen LogP contribution in [0.5, 0.6) is 0 Å². The minimum Gasteiger partial charge on any atom is -0.368 e. The normalized spacial score (nSPS) is 21.4. The van der Waals surface area contributed by atoms with Crippen LogP contribution < -0.4 is 0 Å². The molecular weight excluding hydrogens is 104 g/mol. The highest BCUT2D eigenvalue weighted by molar-refractivity contribution is 4.69. The Bertz CT molecular complexity index is 66.9. The van der Waals surface area contributed by atoms with Crippen LogP contribution in [0.3, 0.4) is 0 Å². The second kappa shape index (κ2) is 2.46. The van der Waals surface area contributed by atoms with Crippen LogP contribution in [0.4, 0.5) is 0 Å². The lowest BCUT2D eigenvalue weighted by molar-refractivity contribution is -0.0629. The van der Waals surface area contributed by atoms with Crippen LogP contribution in [0, 0.1) is 5.92 Å². The maximum atomic E-state index is 8.44. The van der Waals surface area contributed by atoms with Gasteiger partial charge in [-0.05, 0) is 5.92 Å². The van der Waals surface area contributed by atoms with E-state index in [0.717, 1.165) is 0 Å². The van der Waals surface area contributed by atoms with Crippen molar-refractivity contribution in [1.82, 2.24) is 0 Å². The third-order valence-corrected chi connectivity index (χ3v) is 1.77. The van der Waals surface area contributed by atoms with Gasteiger partial charge in [-0.25, -0.2) is 0 Å². The topological polar surface area (TPSA) is 40.5 Å². The van der Waals surface area contributed by atoms with Crippen molar-refractivity contribution in [2.45, 2.75) is 32.0 Å². The van der Waals surface area contributed by atoms with Crippen LogP contribution in [-0.4, -0.2) is 16.5 Å². The Morgan fingerprint density at radius 1 is 1.38 bits per heavy atom. The molecule has 0 aromatic heterocycles. The second-order valence-electron chi connectivity index (χ2n) is 2.51. The average molecular weight is 116 g/mol. The molecule has 0 aromatic carbocycles. The minimum absolute atomic E-state index is 0.583. The van der Waals surface area contributed by atoms with Crippen molar-refractivity contribution in [3.05, 3.63) is 0 Å². The van der Waals surface area contributed by atoms with Crippen LogP contribution >= 0.6 is 0 Å². The first kappa shape index (κ1) is 6.05. The van der Waals surface area contributed by atoms with Gasteiger partial charge in [0.1, 0.15) is 0 Å². The Hall–Kier alpha value is -0.0800. The van der Waals surface area contributed by atoms with Gasteiger partial charge in [-0.3, -0.25) is 0 Å². The lowest BCUT2D eigenvalue weighted by Crippen LogP contribution is -2.18. The summed E-state index contributed by atoms with van der Waals surface area (Å²) in [7, 11) is 0. The number of rotatable bonds is 2. The molecule has 2 N–H and O–H groups in total. The third-order valence-electron chi connectivity index (χ3n) is 1.77. The third kappa shape index (κ3) is 1.46. The molecule has 1 aliphatic carbocycles. The number of aliphatic hydroxyl groups excluding tert-OH is 1. The van der Waals surface area contributed by atoms with E-state index >= 15 is 0 Å². The molecule has 0 bridgehead atoms. The fourth-order valence-electron chi connectivity index (χ4n) is 1.03. The van der Waals surface area contributed by atoms with Crippen molar-refractivity contribution in [1.29, 1.82) is 0 Å². The molecule has 0 heterocycles. The average Bonchev–Trinajstić information content (AvgIpc) is 1.55. The van der Waals surface area contributed by atoms with Gasteiger partial charge in [0, 0.05) is 6.42 Å². The highest BCUT2D eigenvalue weighted by Gasteiger charge is 2.19. The Morgan fingerprint density at radius 2 is 2.00 bits per heavy atom. The quantitative estimate of drug-likeness (QED) is 0.515. The molecule has 0 amide bonds. The van der Waals surface area contributed by atoms with E-state index in [9.17, 15) is 0 Å². The van der Waals surface area contributed by atoms with Gasteiger partial charge in [0.15, 0.2) is 6.29 Å². The fourth-order valence-corrected chi connectivity index (χ4v) is 1.03. The summed E-state index contributed by atoms with van der Waals surface area (Å²) in [6.45, 7) is 0. The van der Waals surface area contributed by atoms with E-state index in [4.69, 9.17) is 10.2 Å². The minimum atomic E-state index is -1.07. The molecule has 0 aromatic rings. The fraction of sp³-hybridized carbons (Fsp3) is 1.00. The van der Waals surface area contributed by atoms with E-state index in [1.807, 2.05) is 0 Å². The van der Waals surface area contributed by atoms with Gasteiger partial charge in [-0.15, -0.1) is 0 Å². The highest BCUT2D eigenvalue weighted by Crippen LogP contribution is 2.29. The largest absolute Gasteiger partial charge is 0.368 e. The zero-order chi connectivity index (χ0) is 5.98. The first-order valence-electron chi connectivity index (χ1n) is 3.15. The standard InChI is InChI=1S/C6H12O2/c7-6(8)4-5-2-1-3-5/h5-8H,1-4H2.